The van der Waals surface area contributed by atoms with Crippen LogP contribution in [0.3, 0.4) is 0 Å². The minimum Gasteiger partial charge on any atom is -0.342 e. The Kier molecular flexibility index (Phi) is 4.60. The van der Waals surface area contributed by atoms with Gasteiger partial charge in [-0.1, -0.05) is 11.8 Å². The molecule has 0 unspecified atom stereocenters. The van der Waals surface area contributed by atoms with Gasteiger partial charge in [0.2, 0.25) is 5.91 Å². The predicted octanol–water partition coefficient (Wildman–Crippen LogP) is 2.29. The fourth-order valence-electron chi connectivity index (χ4n) is 2.89. The number of fused-ring (bicyclic) bond motifs is 1. The number of pyridine rings is 1. The van der Waals surface area contributed by atoms with Gasteiger partial charge in [0.15, 0.2) is 11.5 Å². The van der Waals surface area contributed by atoms with Crippen LogP contribution in [0.25, 0.3) is 17.0 Å². The summed E-state index contributed by atoms with van der Waals surface area (Å²) in [5.74, 6) is 1.24. The number of thioether (sulfide) groups is 1. The number of hydrogen-bond donors (Lipinski definition) is 0. The summed E-state index contributed by atoms with van der Waals surface area (Å²) < 4.78 is 1.70. The zero-order valence-electron chi connectivity index (χ0n) is 13.7. The Morgan fingerprint density at radius 3 is 2.80 bits per heavy atom. The topological polar surface area (TPSA) is 76.3 Å². The minimum atomic E-state index is 0.183. The second kappa shape index (κ2) is 7.18. The maximum atomic E-state index is 12.3. The van der Waals surface area contributed by atoms with Gasteiger partial charge in [0.05, 0.1) is 5.75 Å². The van der Waals surface area contributed by atoms with Gasteiger partial charge in [-0.3, -0.25) is 9.78 Å². The molecule has 128 valence electrons. The van der Waals surface area contributed by atoms with E-state index in [2.05, 4.69) is 20.3 Å². The Morgan fingerprint density at radius 2 is 2.00 bits per heavy atom. The average Bonchev–Trinajstić information content (AvgIpc) is 3.10. The van der Waals surface area contributed by atoms with E-state index in [0.29, 0.717) is 17.2 Å². The second-order valence-corrected chi connectivity index (χ2v) is 6.93. The van der Waals surface area contributed by atoms with Crippen molar-refractivity contribution in [1.82, 2.24) is 29.7 Å². The van der Waals surface area contributed by atoms with E-state index in [1.165, 1.54) is 18.2 Å². The minimum absolute atomic E-state index is 0.183. The molecule has 0 N–H and O–H groups in total. The van der Waals surface area contributed by atoms with Crippen molar-refractivity contribution in [2.45, 2.75) is 24.3 Å². The molecule has 3 aromatic rings. The third-order valence-electron chi connectivity index (χ3n) is 4.21. The number of aromatic nitrogens is 5. The number of likely N-dealkylation sites (tertiary alicyclic amines) is 1. The molecule has 1 aliphatic rings. The molecule has 1 saturated heterocycles. The normalized spacial score (nSPS) is 14.8. The van der Waals surface area contributed by atoms with Gasteiger partial charge in [-0.05, 0) is 43.5 Å². The van der Waals surface area contributed by atoms with Crippen molar-refractivity contribution in [1.29, 1.82) is 0 Å². The lowest BCUT2D eigenvalue weighted by Gasteiger charge is -2.26. The van der Waals surface area contributed by atoms with E-state index in [1.54, 1.807) is 16.9 Å². The molecule has 1 fully saturated rings. The van der Waals surface area contributed by atoms with Crippen LogP contribution >= 0.6 is 11.8 Å². The molecule has 0 aromatic carbocycles. The first-order valence-electron chi connectivity index (χ1n) is 8.35. The summed E-state index contributed by atoms with van der Waals surface area (Å²) in [6.07, 6.45) is 6.89. The summed E-state index contributed by atoms with van der Waals surface area (Å²) >= 11 is 1.45. The van der Waals surface area contributed by atoms with Crippen molar-refractivity contribution in [2.75, 3.05) is 18.8 Å². The first-order chi connectivity index (χ1) is 12.3. The van der Waals surface area contributed by atoms with Crippen LogP contribution in [0.15, 0.2) is 41.7 Å². The van der Waals surface area contributed by atoms with Crippen molar-refractivity contribution < 1.29 is 4.79 Å². The Labute approximate surface area is 149 Å². The Balaban J connectivity index is 1.52. The molecule has 8 heteroatoms. The number of carbonyl (C=O) groups excluding carboxylic acids is 1. The fraction of sp³-hybridized carbons (Fsp3) is 0.353. The van der Waals surface area contributed by atoms with E-state index in [9.17, 15) is 4.79 Å². The van der Waals surface area contributed by atoms with Crippen LogP contribution in [-0.4, -0.2) is 54.4 Å². The number of amides is 1. The SMILES string of the molecule is O=C(CSc1ccc2nnc(-c3cccnc3)n2n1)N1CCCCC1. The molecule has 25 heavy (non-hydrogen) atoms. The lowest BCUT2D eigenvalue weighted by molar-refractivity contribution is -0.129. The van der Waals surface area contributed by atoms with E-state index >= 15 is 0 Å². The second-order valence-electron chi connectivity index (χ2n) is 5.94. The standard InChI is InChI=1S/C17H18N6OS/c24-16(22-9-2-1-3-10-22)12-25-15-7-6-14-19-20-17(23(14)21-15)13-5-4-8-18-11-13/h4-8,11H,1-3,9-10,12H2. The van der Waals surface area contributed by atoms with Gasteiger partial charge in [-0.15, -0.1) is 10.2 Å². The highest BCUT2D eigenvalue weighted by Crippen LogP contribution is 2.21. The fourth-order valence-corrected chi connectivity index (χ4v) is 3.65. The smallest absolute Gasteiger partial charge is 0.232 e. The molecule has 1 aliphatic heterocycles. The van der Waals surface area contributed by atoms with Crippen LogP contribution in [0, 0.1) is 0 Å². The predicted molar refractivity (Wildman–Crippen MR) is 95.2 cm³/mol. The average molecular weight is 354 g/mol. The molecule has 4 heterocycles. The molecule has 0 aliphatic carbocycles. The summed E-state index contributed by atoms with van der Waals surface area (Å²) in [5.41, 5.74) is 1.53. The number of rotatable bonds is 4. The van der Waals surface area contributed by atoms with Gasteiger partial charge < -0.3 is 4.90 Å². The molecular formula is C17H18N6OS. The van der Waals surface area contributed by atoms with Crippen LogP contribution in [-0.2, 0) is 4.79 Å². The summed E-state index contributed by atoms with van der Waals surface area (Å²) in [7, 11) is 0. The summed E-state index contributed by atoms with van der Waals surface area (Å²) in [6.45, 7) is 1.75. The lowest BCUT2D eigenvalue weighted by atomic mass is 10.1. The van der Waals surface area contributed by atoms with Gasteiger partial charge in [0.25, 0.3) is 0 Å². The largest absolute Gasteiger partial charge is 0.342 e. The van der Waals surface area contributed by atoms with E-state index in [0.717, 1.165) is 36.5 Å². The molecule has 0 bridgehead atoms. The summed E-state index contributed by atoms with van der Waals surface area (Å²) in [5, 5.41) is 13.7. The highest BCUT2D eigenvalue weighted by atomic mass is 32.2. The summed E-state index contributed by atoms with van der Waals surface area (Å²) in [4.78, 5) is 18.4. The van der Waals surface area contributed by atoms with E-state index in [4.69, 9.17) is 0 Å². The van der Waals surface area contributed by atoms with E-state index in [1.807, 2.05) is 29.2 Å². The first kappa shape index (κ1) is 16.0. The zero-order valence-corrected chi connectivity index (χ0v) is 14.5. The molecule has 3 aromatic heterocycles. The first-order valence-corrected chi connectivity index (χ1v) is 9.33. The monoisotopic (exact) mass is 354 g/mol. The van der Waals surface area contributed by atoms with Gasteiger partial charge in [-0.2, -0.15) is 9.61 Å². The molecule has 1 amide bonds. The Morgan fingerprint density at radius 1 is 1.12 bits per heavy atom. The van der Waals surface area contributed by atoms with Crippen LogP contribution in [0.1, 0.15) is 19.3 Å². The van der Waals surface area contributed by atoms with Crippen molar-refractivity contribution in [2.24, 2.45) is 0 Å². The number of nitrogens with zero attached hydrogens (tertiary/aromatic N) is 6. The number of piperidine rings is 1. The molecule has 0 radical (unpaired) electrons. The van der Waals surface area contributed by atoms with Gasteiger partial charge >= 0.3 is 0 Å². The van der Waals surface area contributed by atoms with Crippen molar-refractivity contribution in [3.63, 3.8) is 0 Å². The van der Waals surface area contributed by atoms with Gasteiger partial charge in [-0.25, -0.2) is 0 Å². The van der Waals surface area contributed by atoms with Crippen LogP contribution in [0.4, 0.5) is 0 Å². The van der Waals surface area contributed by atoms with E-state index in [-0.39, 0.29) is 5.91 Å². The van der Waals surface area contributed by atoms with Crippen LogP contribution in [0.5, 0.6) is 0 Å². The third kappa shape index (κ3) is 3.48. The molecule has 0 atom stereocenters. The number of carbonyl (C=O) groups is 1. The summed E-state index contributed by atoms with van der Waals surface area (Å²) in [6, 6.07) is 7.52. The maximum Gasteiger partial charge on any atom is 0.232 e. The third-order valence-corrected chi connectivity index (χ3v) is 5.12. The quantitative estimate of drug-likeness (QED) is 0.669. The molecule has 4 rings (SSSR count). The van der Waals surface area contributed by atoms with Gasteiger partial charge in [0.1, 0.15) is 5.03 Å². The highest BCUT2D eigenvalue weighted by Gasteiger charge is 2.17. The van der Waals surface area contributed by atoms with Crippen molar-refractivity contribution >= 4 is 23.3 Å². The van der Waals surface area contributed by atoms with Crippen molar-refractivity contribution in [3.8, 4) is 11.4 Å². The maximum absolute atomic E-state index is 12.3. The number of hydrogen-bond acceptors (Lipinski definition) is 6. The van der Waals surface area contributed by atoms with Crippen molar-refractivity contribution in [3.05, 3.63) is 36.7 Å². The zero-order chi connectivity index (χ0) is 17.1. The molecule has 0 spiro atoms. The Bertz CT molecular complexity index is 875. The highest BCUT2D eigenvalue weighted by molar-refractivity contribution is 7.99. The molecule has 0 saturated carbocycles. The molecular weight excluding hydrogens is 336 g/mol. The van der Waals surface area contributed by atoms with Crippen LogP contribution < -0.4 is 0 Å². The molecule has 7 nitrogen and oxygen atoms in total. The van der Waals surface area contributed by atoms with Gasteiger partial charge in [0, 0.05) is 31.0 Å². The lowest BCUT2D eigenvalue weighted by Crippen LogP contribution is -2.36. The van der Waals surface area contributed by atoms with E-state index < -0.39 is 0 Å². The van der Waals surface area contributed by atoms with Crippen LogP contribution in [0.2, 0.25) is 0 Å². The Hall–Kier alpha value is -2.48.